The average molecular weight is 393 g/mol. The summed E-state index contributed by atoms with van der Waals surface area (Å²) >= 11 is 0. The van der Waals surface area contributed by atoms with E-state index in [1.807, 2.05) is 30.3 Å². The molecule has 4 nitrogen and oxygen atoms in total. The molecule has 2 aromatic carbocycles. The Kier molecular flexibility index (Phi) is 6.14. The summed E-state index contributed by atoms with van der Waals surface area (Å²) in [4.78, 5) is 17.9. The number of benzene rings is 2. The predicted molar refractivity (Wildman–Crippen MR) is 116 cm³/mol. The van der Waals surface area contributed by atoms with Crippen LogP contribution in [-0.2, 0) is 16.9 Å². The number of hydrogen-bond donors (Lipinski definition) is 1. The number of carbonyl (C=O) groups excluding carboxylic acids is 1. The highest BCUT2D eigenvalue weighted by atomic mass is 16.3. The van der Waals surface area contributed by atoms with Crippen molar-refractivity contribution in [2.45, 2.75) is 38.3 Å². The molecule has 0 spiro atoms. The number of carbonyl (C=O) groups is 1. The van der Waals surface area contributed by atoms with Crippen LogP contribution in [0.15, 0.2) is 54.6 Å². The van der Waals surface area contributed by atoms with Crippen LogP contribution in [0, 0.1) is 12.8 Å². The second kappa shape index (κ2) is 8.78. The Morgan fingerprint density at radius 2 is 1.59 bits per heavy atom. The zero-order valence-electron chi connectivity index (χ0n) is 17.4. The zero-order valence-corrected chi connectivity index (χ0v) is 17.4. The molecule has 2 aromatic rings. The molecule has 154 valence electrons. The van der Waals surface area contributed by atoms with Gasteiger partial charge in [-0.3, -0.25) is 14.6 Å². The molecule has 1 aliphatic carbocycles. The number of piperazine rings is 1. The molecule has 29 heavy (non-hydrogen) atoms. The smallest absolute Gasteiger partial charge is 0.183 e. The van der Waals surface area contributed by atoms with Gasteiger partial charge in [0.1, 0.15) is 0 Å². The van der Waals surface area contributed by atoms with Crippen molar-refractivity contribution in [3.63, 3.8) is 0 Å². The minimum absolute atomic E-state index is 0.0413. The van der Waals surface area contributed by atoms with Gasteiger partial charge in [0.25, 0.3) is 0 Å². The first-order chi connectivity index (χ1) is 14.1. The third-order valence-electron chi connectivity index (χ3n) is 6.69. The molecule has 1 saturated carbocycles. The molecule has 1 saturated heterocycles. The lowest BCUT2D eigenvalue weighted by Crippen LogP contribution is -2.53. The summed E-state index contributed by atoms with van der Waals surface area (Å²) < 4.78 is 0. The van der Waals surface area contributed by atoms with E-state index in [0.29, 0.717) is 6.54 Å². The van der Waals surface area contributed by atoms with E-state index in [1.54, 1.807) is 0 Å². The van der Waals surface area contributed by atoms with E-state index in [0.717, 1.165) is 57.5 Å². The fourth-order valence-corrected chi connectivity index (χ4v) is 4.52. The maximum atomic E-state index is 13.3. The van der Waals surface area contributed by atoms with Gasteiger partial charge in [-0.2, -0.15) is 0 Å². The molecule has 1 atom stereocenters. The Labute approximate surface area is 174 Å². The number of aliphatic hydroxyl groups is 1. The Morgan fingerprint density at radius 1 is 0.966 bits per heavy atom. The summed E-state index contributed by atoms with van der Waals surface area (Å²) in [6.45, 7) is 7.04. The largest absolute Gasteiger partial charge is 0.377 e. The van der Waals surface area contributed by atoms with Gasteiger partial charge in [0.05, 0.1) is 6.54 Å². The summed E-state index contributed by atoms with van der Waals surface area (Å²) in [7, 11) is 0. The number of Topliss-reactive ketones (excluding diaryl/α,β-unsaturated/α-hetero) is 1. The van der Waals surface area contributed by atoms with Crippen LogP contribution in [0.2, 0.25) is 0 Å². The first kappa shape index (κ1) is 20.3. The van der Waals surface area contributed by atoms with Gasteiger partial charge in [-0.15, -0.1) is 0 Å². The first-order valence-electron chi connectivity index (χ1n) is 10.9. The van der Waals surface area contributed by atoms with Gasteiger partial charge < -0.3 is 5.11 Å². The van der Waals surface area contributed by atoms with Crippen LogP contribution in [0.4, 0.5) is 0 Å². The lowest BCUT2D eigenvalue weighted by molar-refractivity contribution is -0.151. The molecule has 1 aliphatic heterocycles. The highest BCUT2D eigenvalue weighted by Gasteiger charge is 2.47. The van der Waals surface area contributed by atoms with Gasteiger partial charge in [0, 0.05) is 32.7 Å². The molecule has 1 heterocycles. The first-order valence-corrected chi connectivity index (χ1v) is 10.9. The number of ketones is 1. The van der Waals surface area contributed by atoms with Gasteiger partial charge in [-0.1, -0.05) is 66.6 Å². The summed E-state index contributed by atoms with van der Waals surface area (Å²) in [6, 6.07) is 18.3. The van der Waals surface area contributed by atoms with Gasteiger partial charge >= 0.3 is 0 Å². The standard InChI is InChI=1S/C25H32N2O2/c1-20-10-12-21(13-11-20)18-26-14-16-27(17-15-26)19-24(28)25(29,23-8-5-9-23)22-6-3-2-4-7-22/h2-4,6-7,10-13,23,29H,5,8-9,14-19H2,1H3. The van der Waals surface area contributed by atoms with Crippen LogP contribution in [0.1, 0.15) is 36.0 Å². The van der Waals surface area contributed by atoms with E-state index in [-0.39, 0.29) is 11.7 Å². The van der Waals surface area contributed by atoms with Crippen molar-refractivity contribution >= 4 is 5.78 Å². The van der Waals surface area contributed by atoms with E-state index < -0.39 is 5.60 Å². The van der Waals surface area contributed by atoms with Crippen LogP contribution >= 0.6 is 0 Å². The summed E-state index contributed by atoms with van der Waals surface area (Å²) in [6.07, 6.45) is 2.97. The molecule has 0 bridgehead atoms. The molecule has 2 fully saturated rings. The van der Waals surface area contributed by atoms with Crippen LogP contribution in [0.3, 0.4) is 0 Å². The van der Waals surface area contributed by atoms with Crippen molar-refractivity contribution in [1.29, 1.82) is 0 Å². The Balaban J connectivity index is 1.35. The lowest BCUT2D eigenvalue weighted by atomic mass is 9.67. The fourth-order valence-electron chi connectivity index (χ4n) is 4.52. The fraction of sp³-hybridized carbons (Fsp3) is 0.480. The van der Waals surface area contributed by atoms with Crippen LogP contribution in [0.25, 0.3) is 0 Å². The van der Waals surface area contributed by atoms with Crippen molar-refractivity contribution in [3.8, 4) is 0 Å². The highest BCUT2D eigenvalue weighted by molar-refractivity contribution is 5.90. The average Bonchev–Trinajstić information content (AvgIpc) is 2.70. The SMILES string of the molecule is Cc1ccc(CN2CCN(CC(=O)C(O)(c3ccccc3)C3CCC3)CC2)cc1. The minimum atomic E-state index is -1.33. The third-order valence-corrected chi connectivity index (χ3v) is 6.69. The number of aryl methyl sites for hydroxylation is 1. The zero-order chi connectivity index (χ0) is 20.3. The monoisotopic (exact) mass is 392 g/mol. The third kappa shape index (κ3) is 4.45. The summed E-state index contributed by atoms with van der Waals surface area (Å²) in [5, 5.41) is 11.5. The second-order valence-corrected chi connectivity index (χ2v) is 8.72. The van der Waals surface area contributed by atoms with Gasteiger partial charge in [-0.25, -0.2) is 0 Å². The van der Waals surface area contributed by atoms with Crippen LogP contribution in [-0.4, -0.2) is 53.4 Å². The second-order valence-electron chi connectivity index (χ2n) is 8.72. The molecule has 1 N–H and O–H groups in total. The van der Waals surface area contributed by atoms with Crippen molar-refractivity contribution in [1.82, 2.24) is 9.80 Å². The maximum absolute atomic E-state index is 13.3. The molecule has 0 aromatic heterocycles. The van der Waals surface area contributed by atoms with Gasteiger partial charge in [-0.05, 0) is 36.8 Å². The molecule has 2 aliphatic rings. The molecule has 0 amide bonds. The molecular weight excluding hydrogens is 360 g/mol. The van der Waals surface area contributed by atoms with Gasteiger partial charge in [0.15, 0.2) is 11.4 Å². The summed E-state index contributed by atoms with van der Waals surface area (Å²) in [5.41, 5.74) is 2.05. The van der Waals surface area contributed by atoms with Crippen LogP contribution in [0.5, 0.6) is 0 Å². The number of nitrogens with zero attached hydrogens (tertiary/aromatic N) is 2. The maximum Gasteiger partial charge on any atom is 0.183 e. The Morgan fingerprint density at radius 3 is 2.17 bits per heavy atom. The van der Waals surface area contributed by atoms with Gasteiger partial charge in [0.2, 0.25) is 0 Å². The highest BCUT2D eigenvalue weighted by Crippen LogP contribution is 2.43. The van der Waals surface area contributed by atoms with Crippen molar-refractivity contribution in [2.24, 2.45) is 5.92 Å². The molecular formula is C25H32N2O2. The lowest BCUT2D eigenvalue weighted by Gasteiger charge is -2.42. The molecule has 4 heteroatoms. The topological polar surface area (TPSA) is 43.8 Å². The normalized spacial score (nSPS) is 20.8. The summed E-state index contributed by atoms with van der Waals surface area (Å²) in [5.74, 6) is 0.0145. The molecule has 1 unspecified atom stereocenters. The van der Waals surface area contributed by atoms with E-state index >= 15 is 0 Å². The van der Waals surface area contributed by atoms with Crippen molar-refractivity contribution in [3.05, 3.63) is 71.3 Å². The van der Waals surface area contributed by atoms with Crippen LogP contribution < -0.4 is 0 Å². The van der Waals surface area contributed by atoms with E-state index in [2.05, 4.69) is 41.0 Å². The van der Waals surface area contributed by atoms with E-state index in [4.69, 9.17) is 0 Å². The Hall–Kier alpha value is -2.01. The number of rotatable bonds is 7. The molecule has 0 radical (unpaired) electrons. The van der Waals surface area contributed by atoms with Crippen molar-refractivity contribution < 1.29 is 9.90 Å². The van der Waals surface area contributed by atoms with E-state index in [1.165, 1.54) is 11.1 Å². The quantitative estimate of drug-likeness (QED) is 0.785. The van der Waals surface area contributed by atoms with Crippen molar-refractivity contribution in [2.75, 3.05) is 32.7 Å². The number of hydrogen-bond acceptors (Lipinski definition) is 4. The Bertz CT molecular complexity index is 808. The van der Waals surface area contributed by atoms with E-state index in [9.17, 15) is 9.90 Å². The molecule has 4 rings (SSSR count). The predicted octanol–water partition coefficient (Wildman–Crippen LogP) is 3.37. The minimum Gasteiger partial charge on any atom is -0.377 e.